The molecule has 1 aliphatic heterocycles. The van der Waals surface area contributed by atoms with Crippen LogP contribution in [-0.4, -0.2) is 11.6 Å². The van der Waals surface area contributed by atoms with Crippen molar-refractivity contribution in [2.24, 2.45) is 11.8 Å². The van der Waals surface area contributed by atoms with Crippen molar-refractivity contribution in [1.29, 1.82) is 0 Å². The van der Waals surface area contributed by atoms with E-state index in [2.05, 4.69) is 0 Å². The fraction of sp³-hybridized carbons (Fsp3) is 0.889. The van der Waals surface area contributed by atoms with Gasteiger partial charge in [-0.3, -0.25) is 4.79 Å². The molecule has 0 bridgehead atoms. The maximum absolute atomic E-state index is 11.2. The normalized spacial score (nSPS) is 40.4. The molecule has 2 fully saturated rings. The number of rotatable bonds is 0. The molecule has 11 heavy (non-hydrogen) atoms. The molecule has 62 valence electrons. The summed E-state index contributed by atoms with van der Waals surface area (Å²) in [7, 11) is 0. The monoisotopic (exact) mass is 154 g/mol. The lowest BCUT2D eigenvalue weighted by Gasteiger charge is -2.22. The smallest absolute Gasteiger partial charge is 0.309 e. The molecule has 0 amide bonds. The highest BCUT2D eigenvalue weighted by Gasteiger charge is 2.51. The molecule has 2 aliphatic rings. The Bertz CT molecular complexity index is 196. The Balaban J connectivity index is 2.27. The highest BCUT2D eigenvalue weighted by molar-refractivity contribution is 5.76. The van der Waals surface area contributed by atoms with Crippen LogP contribution >= 0.6 is 0 Å². The van der Waals surface area contributed by atoms with E-state index in [1.165, 1.54) is 12.8 Å². The third kappa shape index (κ3) is 0.883. The van der Waals surface area contributed by atoms with E-state index in [-0.39, 0.29) is 17.5 Å². The van der Waals surface area contributed by atoms with E-state index in [9.17, 15) is 4.79 Å². The minimum Gasteiger partial charge on any atom is -0.459 e. The van der Waals surface area contributed by atoms with Crippen LogP contribution in [-0.2, 0) is 9.53 Å². The van der Waals surface area contributed by atoms with Gasteiger partial charge in [0.05, 0.1) is 5.92 Å². The van der Waals surface area contributed by atoms with Crippen LogP contribution in [0.5, 0.6) is 0 Å². The molecule has 2 heteroatoms. The van der Waals surface area contributed by atoms with Crippen molar-refractivity contribution in [3.05, 3.63) is 0 Å². The Morgan fingerprint density at radius 3 is 2.82 bits per heavy atom. The van der Waals surface area contributed by atoms with Crippen LogP contribution in [0.1, 0.15) is 33.1 Å². The first kappa shape index (κ1) is 7.14. The number of esters is 1. The van der Waals surface area contributed by atoms with Gasteiger partial charge in [0.15, 0.2) is 0 Å². The van der Waals surface area contributed by atoms with Crippen molar-refractivity contribution >= 4 is 5.97 Å². The summed E-state index contributed by atoms with van der Waals surface area (Å²) < 4.78 is 5.28. The van der Waals surface area contributed by atoms with Gasteiger partial charge in [-0.2, -0.15) is 0 Å². The van der Waals surface area contributed by atoms with Gasteiger partial charge >= 0.3 is 5.97 Å². The van der Waals surface area contributed by atoms with Crippen molar-refractivity contribution < 1.29 is 9.53 Å². The van der Waals surface area contributed by atoms with Gasteiger partial charge in [-0.15, -0.1) is 0 Å². The molecule has 0 spiro atoms. The van der Waals surface area contributed by atoms with E-state index in [0.717, 1.165) is 6.42 Å². The molecule has 1 heterocycles. The number of carbonyl (C=O) groups is 1. The van der Waals surface area contributed by atoms with E-state index in [1.807, 2.05) is 13.8 Å². The lowest BCUT2D eigenvalue weighted by Crippen LogP contribution is -2.27. The van der Waals surface area contributed by atoms with Crippen molar-refractivity contribution in [1.82, 2.24) is 0 Å². The maximum atomic E-state index is 11.2. The first-order valence-corrected chi connectivity index (χ1v) is 4.34. The lowest BCUT2D eigenvalue weighted by atomic mass is 9.86. The molecule has 2 nitrogen and oxygen atoms in total. The zero-order chi connectivity index (χ0) is 8.06. The van der Waals surface area contributed by atoms with Crippen LogP contribution in [0.3, 0.4) is 0 Å². The number of carbonyl (C=O) groups excluding carboxylic acids is 1. The molecule has 0 radical (unpaired) electrons. The minimum absolute atomic E-state index is 0.0394. The van der Waals surface area contributed by atoms with Gasteiger partial charge in [0.1, 0.15) is 5.60 Å². The molecule has 1 saturated heterocycles. The second kappa shape index (κ2) is 1.99. The summed E-state index contributed by atoms with van der Waals surface area (Å²) in [5, 5.41) is 0. The van der Waals surface area contributed by atoms with E-state index < -0.39 is 0 Å². The van der Waals surface area contributed by atoms with E-state index in [0.29, 0.717) is 5.92 Å². The van der Waals surface area contributed by atoms with Crippen molar-refractivity contribution in [3.63, 3.8) is 0 Å². The Morgan fingerprint density at radius 1 is 1.45 bits per heavy atom. The largest absolute Gasteiger partial charge is 0.459 e. The number of fused-ring (bicyclic) bond motifs is 1. The summed E-state index contributed by atoms with van der Waals surface area (Å²) in [6.45, 7) is 4.06. The first-order valence-electron chi connectivity index (χ1n) is 4.34. The van der Waals surface area contributed by atoms with Gasteiger partial charge in [-0.05, 0) is 26.7 Å². The minimum atomic E-state index is -0.182. The third-order valence-corrected chi connectivity index (χ3v) is 3.08. The van der Waals surface area contributed by atoms with Crippen molar-refractivity contribution in [3.8, 4) is 0 Å². The molecular weight excluding hydrogens is 140 g/mol. The molecule has 2 rings (SSSR count). The van der Waals surface area contributed by atoms with Crippen molar-refractivity contribution in [2.45, 2.75) is 38.7 Å². The van der Waals surface area contributed by atoms with Gasteiger partial charge in [0.25, 0.3) is 0 Å². The van der Waals surface area contributed by atoms with Crippen LogP contribution in [0.2, 0.25) is 0 Å². The summed E-state index contributed by atoms with van der Waals surface area (Å²) >= 11 is 0. The predicted octanol–water partition coefficient (Wildman–Crippen LogP) is 1.74. The molecule has 0 aromatic rings. The topological polar surface area (TPSA) is 26.3 Å². The summed E-state index contributed by atoms with van der Waals surface area (Å²) in [4.78, 5) is 11.2. The maximum Gasteiger partial charge on any atom is 0.309 e. The Kier molecular flexibility index (Phi) is 1.29. The number of cyclic esters (lactones) is 1. The summed E-state index contributed by atoms with van der Waals surface area (Å²) in [6.07, 6.45) is 3.42. The fourth-order valence-corrected chi connectivity index (χ4v) is 2.48. The fourth-order valence-electron chi connectivity index (χ4n) is 2.48. The number of ether oxygens (including phenoxy) is 1. The van der Waals surface area contributed by atoms with E-state index in [1.54, 1.807) is 0 Å². The molecule has 0 N–H and O–H groups in total. The van der Waals surface area contributed by atoms with Crippen LogP contribution in [0, 0.1) is 11.8 Å². The third-order valence-electron chi connectivity index (χ3n) is 3.08. The predicted molar refractivity (Wildman–Crippen MR) is 41.0 cm³/mol. The summed E-state index contributed by atoms with van der Waals surface area (Å²) in [6, 6.07) is 0. The van der Waals surface area contributed by atoms with Gasteiger partial charge in [0, 0.05) is 5.92 Å². The SMILES string of the molecule is CC1(C)OC(=O)[C@H]2CCC[C@H]21. The van der Waals surface area contributed by atoms with E-state index >= 15 is 0 Å². The van der Waals surface area contributed by atoms with Crippen LogP contribution < -0.4 is 0 Å². The van der Waals surface area contributed by atoms with Crippen LogP contribution in [0.4, 0.5) is 0 Å². The summed E-state index contributed by atoms with van der Waals surface area (Å²) in [5.74, 6) is 0.762. The molecular formula is C9H14O2. The van der Waals surface area contributed by atoms with Crippen molar-refractivity contribution in [2.75, 3.05) is 0 Å². The highest BCUT2D eigenvalue weighted by Crippen LogP contribution is 2.46. The molecule has 2 atom stereocenters. The van der Waals surface area contributed by atoms with Crippen LogP contribution in [0.15, 0.2) is 0 Å². The Hall–Kier alpha value is -0.530. The quantitative estimate of drug-likeness (QED) is 0.497. The second-order valence-corrected chi connectivity index (χ2v) is 4.17. The lowest BCUT2D eigenvalue weighted by molar-refractivity contribution is -0.149. The van der Waals surface area contributed by atoms with Gasteiger partial charge in [0.2, 0.25) is 0 Å². The average Bonchev–Trinajstić information content (AvgIpc) is 2.37. The molecule has 0 unspecified atom stereocenters. The first-order chi connectivity index (χ1) is 5.11. The van der Waals surface area contributed by atoms with Crippen LogP contribution in [0.25, 0.3) is 0 Å². The standard InChI is InChI=1S/C9H14O2/c1-9(2)7-5-3-4-6(7)8(10)11-9/h6-7H,3-5H2,1-2H3/t6-,7+/m0/s1. The van der Waals surface area contributed by atoms with Gasteiger partial charge < -0.3 is 4.74 Å². The molecule has 1 saturated carbocycles. The van der Waals surface area contributed by atoms with Gasteiger partial charge in [-0.25, -0.2) is 0 Å². The zero-order valence-electron chi connectivity index (χ0n) is 7.09. The highest BCUT2D eigenvalue weighted by atomic mass is 16.6. The summed E-state index contributed by atoms with van der Waals surface area (Å²) in [5.41, 5.74) is -0.182. The molecule has 0 aromatic carbocycles. The molecule has 1 aliphatic carbocycles. The number of hydrogen-bond donors (Lipinski definition) is 0. The number of hydrogen-bond acceptors (Lipinski definition) is 2. The zero-order valence-corrected chi connectivity index (χ0v) is 7.09. The average molecular weight is 154 g/mol. The Labute approximate surface area is 66.9 Å². The van der Waals surface area contributed by atoms with E-state index in [4.69, 9.17) is 4.74 Å². The van der Waals surface area contributed by atoms with Gasteiger partial charge in [-0.1, -0.05) is 6.42 Å². The Morgan fingerprint density at radius 2 is 2.18 bits per heavy atom. The second-order valence-electron chi connectivity index (χ2n) is 4.17. The molecule has 0 aromatic heterocycles.